The van der Waals surface area contributed by atoms with Gasteiger partial charge >= 0.3 is 0 Å². The van der Waals surface area contributed by atoms with Crippen LogP contribution in [0, 0.1) is 12.7 Å². The molecule has 0 radical (unpaired) electrons. The molecule has 4 rings (SSSR count). The van der Waals surface area contributed by atoms with Crippen molar-refractivity contribution in [3.05, 3.63) is 71.6 Å². The van der Waals surface area contributed by atoms with Gasteiger partial charge in [-0.15, -0.1) is 0 Å². The molecule has 1 aliphatic heterocycles. The molecule has 1 aliphatic rings. The lowest BCUT2D eigenvalue weighted by molar-refractivity contribution is -0.131. The largest absolute Gasteiger partial charge is 0.334 e. The fraction of sp³-hybridized carbons (Fsp3) is 0.318. The van der Waals surface area contributed by atoms with Crippen LogP contribution in [0.3, 0.4) is 0 Å². The molecule has 0 N–H and O–H groups in total. The molecule has 1 fully saturated rings. The highest BCUT2D eigenvalue weighted by molar-refractivity contribution is 5.80. The van der Waals surface area contributed by atoms with E-state index in [0.717, 1.165) is 47.3 Å². The second kappa shape index (κ2) is 7.54. The van der Waals surface area contributed by atoms with E-state index < -0.39 is 0 Å². The molecular weight excluding hydrogens is 355 g/mol. The Labute approximate surface area is 163 Å². The number of benzene rings is 1. The van der Waals surface area contributed by atoms with E-state index in [-0.39, 0.29) is 24.2 Å². The number of pyridine rings is 1. The maximum atomic E-state index is 13.1. The van der Waals surface area contributed by atoms with Crippen LogP contribution in [-0.4, -0.2) is 32.1 Å². The average Bonchev–Trinajstić information content (AvgIpc) is 3.30. The van der Waals surface area contributed by atoms with Crippen LogP contribution in [-0.2, 0) is 18.3 Å². The van der Waals surface area contributed by atoms with Gasteiger partial charge < -0.3 is 4.90 Å². The smallest absolute Gasteiger partial charge is 0.227 e. The van der Waals surface area contributed by atoms with Gasteiger partial charge in [-0.1, -0.05) is 12.1 Å². The van der Waals surface area contributed by atoms with E-state index in [2.05, 4.69) is 4.98 Å². The maximum absolute atomic E-state index is 13.1. The Morgan fingerprint density at radius 2 is 2.00 bits per heavy atom. The zero-order valence-corrected chi connectivity index (χ0v) is 16.1. The van der Waals surface area contributed by atoms with Gasteiger partial charge in [0.2, 0.25) is 5.91 Å². The number of carbonyl (C=O) groups is 1. The Bertz CT molecular complexity index is 996. The maximum Gasteiger partial charge on any atom is 0.227 e. The molecule has 1 aromatic carbocycles. The molecule has 144 valence electrons. The van der Waals surface area contributed by atoms with Crippen molar-refractivity contribution >= 4 is 5.91 Å². The fourth-order valence-corrected chi connectivity index (χ4v) is 3.96. The summed E-state index contributed by atoms with van der Waals surface area (Å²) in [5.74, 6) is -0.238. The number of carbonyl (C=O) groups excluding carboxylic acids is 1. The lowest BCUT2D eigenvalue weighted by Crippen LogP contribution is -2.32. The van der Waals surface area contributed by atoms with E-state index >= 15 is 0 Å². The number of aromatic nitrogens is 3. The fourth-order valence-electron chi connectivity index (χ4n) is 3.96. The third-order valence-electron chi connectivity index (χ3n) is 5.33. The number of amides is 1. The van der Waals surface area contributed by atoms with Crippen LogP contribution in [0.15, 0.2) is 48.9 Å². The summed E-state index contributed by atoms with van der Waals surface area (Å²) in [5, 5.41) is 4.71. The lowest BCUT2D eigenvalue weighted by atomic mass is 9.98. The van der Waals surface area contributed by atoms with Crippen LogP contribution < -0.4 is 0 Å². The minimum atomic E-state index is -0.291. The average molecular weight is 378 g/mol. The van der Waals surface area contributed by atoms with Crippen LogP contribution in [0.2, 0.25) is 0 Å². The van der Waals surface area contributed by atoms with Gasteiger partial charge in [0, 0.05) is 37.7 Å². The molecule has 0 bridgehead atoms. The van der Waals surface area contributed by atoms with Crippen molar-refractivity contribution in [3.8, 4) is 11.1 Å². The third kappa shape index (κ3) is 3.54. The number of likely N-dealkylation sites (tertiary alicyclic amines) is 1. The third-order valence-corrected chi connectivity index (χ3v) is 5.33. The molecule has 3 heterocycles. The van der Waals surface area contributed by atoms with Gasteiger partial charge in [-0.3, -0.25) is 14.5 Å². The highest BCUT2D eigenvalue weighted by Crippen LogP contribution is 2.37. The van der Waals surface area contributed by atoms with E-state index in [1.54, 1.807) is 18.3 Å². The zero-order valence-electron chi connectivity index (χ0n) is 16.1. The van der Waals surface area contributed by atoms with E-state index in [1.165, 1.54) is 12.1 Å². The summed E-state index contributed by atoms with van der Waals surface area (Å²) < 4.78 is 14.9. The number of hydrogen-bond donors (Lipinski definition) is 0. The highest BCUT2D eigenvalue weighted by atomic mass is 19.1. The molecule has 0 saturated carbocycles. The summed E-state index contributed by atoms with van der Waals surface area (Å²) in [6.07, 6.45) is 7.75. The van der Waals surface area contributed by atoms with E-state index in [9.17, 15) is 9.18 Å². The quantitative estimate of drug-likeness (QED) is 0.693. The Morgan fingerprint density at radius 1 is 1.21 bits per heavy atom. The van der Waals surface area contributed by atoms with Crippen LogP contribution >= 0.6 is 0 Å². The molecule has 1 unspecified atom stereocenters. The van der Waals surface area contributed by atoms with E-state index in [1.807, 2.05) is 42.0 Å². The Hall–Kier alpha value is -3.02. The minimum Gasteiger partial charge on any atom is -0.334 e. The van der Waals surface area contributed by atoms with Crippen molar-refractivity contribution < 1.29 is 9.18 Å². The van der Waals surface area contributed by atoms with Crippen LogP contribution in [0.5, 0.6) is 0 Å². The molecule has 6 heteroatoms. The SMILES string of the molecule is Cc1cnccc1-c1cn(C)nc1C1CCCN1C(=O)Cc1ccc(F)cc1. The van der Waals surface area contributed by atoms with Gasteiger partial charge in [-0.25, -0.2) is 4.39 Å². The van der Waals surface area contributed by atoms with Crippen LogP contribution in [0.4, 0.5) is 4.39 Å². The van der Waals surface area contributed by atoms with Gasteiger partial charge in [0.15, 0.2) is 0 Å². The predicted octanol–water partition coefficient (Wildman–Crippen LogP) is 3.84. The molecule has 3 aromatic rings. The summed E-state index contributed by atoms with van der Waals surface area (Å²) in [6, 6.07) is 8.09. The molecular formula is C22H23FN4O. The molecule has 5 nitrogen and oxygen atoms in total. The van der Waals surface area contributed by atoms with Crippen LogP contribution in [0.25, 0.3) is 11.1 Å². The molecule has 1 saturated heterocycles. The second-order valence-corrected chi connectivity index (χ2v) is 7.34. The summed E-state index contributed by atoms with van der Waals surface area (Å²) in [4.78, 5) is 19.1. The van der Waals surface area contributed by atoms with Crippen molar-refractivity contribution in [2.24, 2.45) is 7.05 Å². The van der Waals surface area contributed by atoms with E-state index in [4.69, 9.17) is 5.10 Å². The molecule has 2 aromatic heterocycles. The Morgan fingerprint density at radius 3 is 2.75 bits per heavy atom. The first-order valence-corrected chi connectivity index (χ1v) is 9.51. The van der Waals surface area contributed by atoms with Gasteiger partial charge in [0.05, 0.1) is 18.2 Å². The first-order chi connectivity index (χ1) is 13.5. The zero-order chi connectivity index (χ0) is 19.7. The number of hydrogen-bond acceptors (Lipinski definition) is 3. The first-order valence-electron chi connectivity index (χ1n) is 9.51. The summed E-state index contributed by atoms with van der Waals surface area (Å²) >= 11 is 0. The summed E-state index contributed by atoms with van der Waals surface area (Å²) in [7, 11) is 1.91. The van der Waals surface area contributed by atoms with E-state index in [0.29, 0.717) is 0 Å². The lowest BCUT2D eigenvalue weighted by Gasteiger charge is -2.24. The van der Waals surface area contributed by atoms with Gasteiger partial charge in [0.25, 0.3) is 0 Å². The van der Waals surface area contributed by atoms with Crippen molar-refractivity contribution in [2.45, 2.75) is 32.2 Å². The predicted molar refractivity (Wildman–Crippen MR) is 105 cm³/mol. The van der Waals surface area contributed by atoms with Gasteiger partial charge in [0.1, 0.15) is 5.82 Å². The normalized spacial score (nSPS) is 16.5. The number of aryl methyl sites for hydroxylation is 2. The van der Waals surface area contributed by atoms with Crippen molar-refractivity contribution in [2.75, 3.05) is 6.54 Å². The summed E-state index contributed by atoms with van der Waals surface area (Å²) in [6.45, 7) is 2.75. The number of nitrogens with zero attached hydrogens (tertiary/aromatic N) is 4. The van der Waals surface area contributed by atoms with Crippen molar-refractivity contribution in [3.63, 3.8) is 0 Å². The topological polar surface area (TPSA) is 51.0 Å². The molecule has 0 spiro atoms. The van der Waals surface area contributed by atoms with Gasteiger partial charge in [-0.2, -0.15) is 5.10 Å². The van der Waals surface area contributed by atoms with Crippen molar-refractivity contribution in [1.82, 2.24) is 19.7 Å². The molecule has 0 aliphatic carbocycles. The second-order valence-electron chi connectivity index (χ2n) is 7.34. The molecule has 1 amide bonds. The first kappa shape index (κ1) is 18.3. The highest BCUT2D eigenvalue weighted by Gasteiger charge is 2.33. The minimum absolute atomic E-state index is 0.0447. The standard InChI is InChI=1S/C22H23FN4O/c1-15-13-24-10-9-18(15)19-14-26(2)25-22(19)20-4-3-11-27(20)21(28)12-16-5-7-17(23)8-6-16/h5-10,13-14,20H,3-4,11-12H2,1-2H3. The molecule has 28 heavy (non-hydrogen) atoms. The monoisotopic (exact) mass is 378 g/mol. The Kier molecular flexibility index (Phi) is 4.94. The van der Waals surface area contributed by atoms with Gasteiger partial charge in [-0.05, 0) is 54.7 Å². The number of rotatable bonds is 4. The number of halogens is 1. The van der Waals surface area contributed by atoms with Crippen LogP contribution in [0.1, 0.15) is 35.7 Å². The van der Waals surface area contributed by atoms with Crippen molar-refractivity contribution in [1.29, 1.82) is 0 Å². The molecule has 1 atom stereocenters. The summed E-state index contributed by atoms with van der Waals surface area (Å²) in [5.41, 5.74) is 4.98. The Balaban J connectivity index is 1.63.